The molecule has 0 radical (unpaired) electrons. The number of fused-ring (bicyclic) bond motifs is 4. The predicted octanol–water partition coefficient (Wildman–Crippen LogP) is 4.35. The molecule has 0 aliphatic carbocycles. The van der Waals surface area contributed by atoms with Crippen LogP contribution in [0.25, 0.3) is 32.3 Å². The molecule has 4 rings (SSSR count). The molecule has 0 aromatic heterocycles. The monoisotopic (exact) mass is 459 g/mol. The minimum Gasteiger partial charge on any atom is -0.481 e. The number of nitrogens with one attached hydrogen (secondary N) is 1. The quantitative estimate of drug-likeness (QED) is 0.227. The van der Waals surface area contributed by atoms with Gasteiger partial charge in [-0.05, 0) is 45.1 Å². The third-order valence-corrected chi connectivity index (χ3v) is 5.92. The summed E-state index contributed by atoms with van der Waals surface area (Å²) in [6, 6.07) is 21.2. The molecule has 2 unspecified atom stereocenters. The Labute approximate surface area is 193 Å². The normalized spacial score (nSPS) is 12.9. The van der Waals surface area contributed by atoms with Crippen LogP contribution in [0, 0.1) is 11.8 Å². The van der Waals surface area contributed by atoms with E-state index < -0.39 is 48.5 Å². The van der Waals surface area contributed by atoms with E-state index in [1.165, 1.54) is 0 Å². The van der Waals surface area contributed by atoms with Gasteiger partial charge < -0.3 is 20.6 Å². The van der Waals surface area contributed by atoms with Gasteiger partial charge in [0.2, 0.25) is 5.91 Å². The average Bonchev–Trinajstić information content (AvgIpc) is 2.79. The Bertz CT molecular complexity index is 1460. The minimum atomic E-state index is -1.74. The summed E-state index contributed by atoms with van der Waals surface area (Å²) < 4.78 is 0. The Kier molecular flexibility index (Phi) is 6.14. The summed E-state index contributed by atoms with van der Waals surface area (Å²) in [6.45, 7) is 0. The third kappa shape index (κ3) is 4.52. The van der Waals surface area contributed by atoms with Crippen LogP contribution in [0.5, 0.6) is 0 Å². The number of hydrogen-bond donors (Lipinski definition) is 4. The van der Waals surface area contributed by atoms with Gasteiger partial charge in [0.1, 0.15) is 0 Å². The number of carboxylic acids is 3. The van der Waals surface area contributed by atoms with Crippen LogP contribution in [0.3, 0.4) is 0 Å². The second-order valence-electron chi connectivity index (χ2n) is 8.13. The van der Waals surface area contributed by atoms with Gasteiger partial charge in [0.25, 0.3) is 0 Å². The first-order valence-corrected chi connectivity index (χ1v) is 10.6. The smallest absolute Gasteiger partial charge is 0.307 e. The van der Waals surface area contributed by atoms with E-state index in [1.54, 1.807) is 12.1 Å². The lowest BCUT2D eigenvalue weighted by molar-refractivity contribution is -0.158. The fourth-order valence-corrected chi connectivity index (χ4v) is 4.30. The van der Waals surface area contributed by atoms with Gasteiger partial charge in [0, 0.05) is 17.5 Å². The standard InChI is InChI=1S/C26H21NO7/c28-22(12-19(25(31)32)20(26(33)34)13-23(29)30)27-21-7-3-6-14-8-9-17-10-15-4-1-2-5-16(15)11-18(17)24(14)21/h1-11,19-20H,12-13H2,(H,27,28)(H,29,30)(H,31,32)(H,33,34). The molecule has 34 heavy (non-hydrogen) atoms. The number of rotatable bonds is 8. The van der Waals surface area contributed by atoms with Gasteiger partial charge in [-0.2, -0.15) is 0 Å². The molecule has 0 aliphatic heterocycles. The Morgan fingerprint density at radius 2 is 1.26 bits per heavy atom. The second kappa shape index (κ2) is 9.19. The molecule has 0 fully saturated rings. The maximum absolute atomic E-state index is 12.8. The summed E-state index contributed by atoms with van der Waals surface area (Å²) in [5, 5.41) is 36.1. The van der Waals surface area contributed by atoms with Crippen LogP contribution in [-0.2, 0) is 19.2 Å². The van der Waals surface area contributed by atoms with Gasteiger partial charge in [-0.3, -0.25) is 19.2 Å². The van der Waals surface area contributed by atoms with Crippen molar-refractivity contribution in [3.8, 4) is 0 Å². The molecule has 4 N–H and O–H groups in total. The van der Waals surface area contributed by atoms with Gasteiger partial charge in [-0.1, -0.05) is 48.5 Å². The third-order valence-electron chi connectivity index (χ3n) is 5.92. The van der Waals surface area contributed by atoms with E-state index in [0.717, 1.165) is 32.3 Å². The SMILES string of the molecule is O=C(O)CC(C(=O)O)C(CC(=O)Nc1cccc2ccc3cc4ccccc4cc3c12)C(=O)O. The van der Waals surface area contributed by atoms with Crippen molar-refractivity contribution in [3.63, 3.8) is 0 Å². The largest absolute Gasteiger partial charge is 0.481 e. The lowest BCUT2D eigenvalue weighted by atomic mass is 9.86. The van der Waals surface area contributed by atoms with Crippen molar-refractivity contribution < 1.29 is 34.5 Å². The zero-order chi connectivity index (χ0) is 24.4. The molecule has 0 saturated heterocycles. The number of carbonyl (C=O) groups is 4. The number of carbonyl (C=O) groups excluding carboxylic acids is 1. The lowest BCUT2D eigenvalue weighted by Gasteiger charge is -2.19. The van der Waals surface area contributed by atoms with Crippen LogP contribution in [0.1, 0.15) is 12.8 Å². The molecule has 172 valence electrons. The first-order valence-electron chi connectivity index (χ1n) is 10.6. The van der Waals surface area contributed by atoms with E-state index in [9.17, 15) is 29.4 Å². The molecule has 2 atom stereocenters. The van der Waals surface area contributed by atoms with Crippen molar-refractivity contribution in [2.24, 2.45) is 11.8 Å². The van der Waals surface area contributed by atoms with Gasteiger partial charge >= 0.3 is 17.9 Å². The van der Waals surface area contributed by atoms with Crippen molar-refractivity contribution in [2.45, 2.75) is 12.8 Å². The highest BCUT2D eigenvalue weighted by Crippen LogP contribution is 2.34. The molecule has 0 spiro atoms. The first-order chi connectivity index (χ1) is 16.2. The number of aliphatic carboxylic acids is 3. The van der Waals surface area contributed by atoms with Crippen molar-refractivity contribution >= 4 is 61.8 Å². The summed E-state index contributed by atoms with van der Waals surface area (Å²) in [5.74, 6) is -8.71. The predicted molar refractivity (Wildman–Crippen MR) is 127 cm³/mol. The zero-order valence-electron chi connectivity index (χ0n) is 17.9. The van der Waals surface area contributed by atoms with Crippen LogP contribution in [-0.4, -0.2) is 39.1 Å². The summed E-state index contributed by atoms with van der Waals surface area (Å²) in [7, 11) is 0. The molecule has 8 heteroatoms. The molecule has 8 nitrogen and oxygen atoms in total. The summed E-state index contributed by atoms with van der Waals surface area (Å²) in [5.41, 5.74) is 0.456. The number of benzene rings is 4. The minimum absolute atomic E-state index is 0.456. The highest BCUT2D eigenvalue weighted by atomic mass is 16.4. The van der Waals surface area contributed by atoms with E-state index in [1.807, 2.05) is 54.6 Å². The number of hydrogen-bond acceptors (Lipinski definition) is 4. The summed E-state index contributed by atoms with van der Waals surface area (Å²) in [4.78, 5) is 47.0. The Balaban J connectivity index is 1.72. The fraction of sp³-hybridized carbons (Fsp3) is 0.154. The maximum atomic E-state index is 12.8. The van der Waals surface area contributed by atoms with Crippen molar-refractivity contribution in [1.29, 1.82) is 0 Å². The first kappa shape index (κ1) is 22.7. The highest BCUT2D eigenvalue weighted by molar-refractivity contribution is 6.18. The van der Waals surface area contributed by atoms with Gasteiger partial charge in [-0.25, -0.2) is 0 Å². The van der Waals surface area contributed by atoms with E-state index in [4.69, 9.17) is 5.11 Å². The second-order valence-corrected chi connectivity index (χ2v) is 8.13. The van der Waals surface area contributed by atoms with Crippen LogP contribution >= 0.6 is 0 Å². The van der Waals surface area contributed by atoms with Crippen LogP contribution in [0.4, 0.5) is 5.69 Å². The van der Waals surface area contributed by atoms with Gasteiger partial charge in [-0.15, -0.1) is 0 Å². The molecule has 0 bridgehead atoms. The Hall–Kier alpha value is -4.46. The van der Waals surface area contributed by atoms with Gasteiger partial charge in [0.15, 0.2) is 0 Å². The average molecular weight is 459 g/mol. The van der Waals surface area contributed by atoms with Crippen LogP contribution in [0.2, 0.25) is 0 Å². The number of amides is 1. The molecule has 4 aromatic carbocycles. The fourth-order valence-electron chi connectivity index (χ4n) is 4.30. The van der Waals surface area contributed by atoms with Crippen LogP contribution in [0.15, 0.2) is 66.7 Å². The van der Waals surface area contributed by atoms with E-state index in [0.29, 0.717) is 5.69 Å². The molecular formula is C26H21NO7. The molecule has 1 amide bonds. The zero-order valence-corrected chi connectivity index (χ0v) is 17.9. The summed E-state index contributed by atoms with van der Waals surface area (Å²) in [6.07, 6.45) is -1.57. The topological polar surface area (TPSA) is 141 Å². The van der Waals surface area contributed by atoms with E-state index in [-0.39, 0.29) is 0 Å². The number of anilines is 1. The molecule has 0 aliphatic rings. The molecule has 0 heterocycles. The maximum Gasteiger partial charge on any atom is 0.307 e. The summed E-state index contributed by atoms with van der Waals surface area (Å²) >= 11 is 0. The van der Waals surface area contributed by atoms with Crippen molar-refractivity contribution in [1.82, 2.24) is 0 Å². The molecular weight excluding hydrogens is 438 g/mol. The Morgan fingerprint density at radius 1 is 0.676 bits per heavy atom. The van der Waals surface area contributed by atoms with E-state index >= 15 is 0 Å². The molecule has 4 aromatic rings. The Morgan fingerprint density at radius 3 is 1.91 bits per heavy atom. The van der Waals surface area contributed by atoms with Crippen LogP contribution < -0.4 is 5.32 Å². The highest BCUT2D eigenvalue weighted by Gasteiger charge is 2.37. The lowest BCUT2D eigenvalue weighted by Crippen LogP contribution is -2.34. The number of carboxylic acid groups (broad SMARTS) is 3. The van der Waals surface area contributed by atoms with Crippen molar-refractivity contribution in [2.75, 3.05) is 5.32 Å². The van der Waals surface area contributed by atoms with Crippen molar-refractivity contribution in [3.05, 3.63) is 66.7 Å². The van der Waals surface area contributed by atoms with Gasteiger partial charge in [0.05, 0.1) is 18.3 Å². The molecule has 0 saturated carbocycles. The van der Waals surface area contributed by atoms with E-state index in [2.05, 4.69) is 5.32 Å².